The van der Waals surface area contributed by atoms with Gasteiger partial charge >= 0.3 is 5.97 Å². The minimum Gasteiger partial charge on any atom is -0.455 e. The summed E-state index contributed by atoms with van der Waals surface area (Å²) in [6.07, 6.45) is 4.24. The van der Waals surface area contributed by atoms with Crippen LogP contribution in [0.4, 0.5) is 0 Å². The minimum atomic E-state index is -1.34. The van der Waals surface area contributed by atoms with E-state index in [-0.39, 0.29) is 54.1 Å². The zero-order valence-electron chi connectivity index (χ0n) is 31.4. The SMILES string of the molecule is C=CCCC(=O)NC[C@H](OC(=O)[C@@H]1[C@H]2O[C@@]3(CC2Br)[C@H](C(=O)N(CC=C)C(C)(C)CC(C)(C)C)N([C@@H](CO)[C@@H](C)CC)C(=O)[C@@H]13)c1ccccc1. The molecule has 3 fully saturated rings. The second-order valence-corrected chi connectivity index (χ2v) is 17.5. The fourth-order valence-electron chi connectivity index (χ4n) is 8.74. The fraction of sp³-hybridized carbons (Fsp3) is 0.650. The second-order valence-electron chi connectivity index (χ2n) is 16.3. The number of hydrogen-bond donors (Lipinski definition) is 2. The number of benzene rings is 1. The van der Waals surface area contributed by atoms with E-state index in [1.807, 2.05) is 58.0 Å². The summed E-state index contributed by atoms with van der Waals surface area (Å²) in [5, 5.41) is 13.7. The van der Waals surface area contributed by atoms with Crippen LogP contribution in [0.1, 0.15) is 92.2 Å². The number of amides is 3. The topological polar surface area (TPSA) is 125 Å². The van der Waals surface area contributed by atoms with Gasteiger partial charge in [0, 0.05) is 23.3 Å². The molecule has 3 amide bonds. The number of alkyl halides is 1. The van der Waals surface area contributed by atoms with E-state index in [1.54, 1.807) is 22.0 Å². The molecule has 2 bridgehead atoms. The maximum atomic E-state index is 15.2. The van der Waals surface area contributed by atoms with Crippen molar-refractivity contribution in [1.29, 1.82) is 0 Å². The van der Waals surface area contributed by atoms with E-state index < -0.39 is 59.1 Å². The van der Waals surface area contributed by atoms with Crippen LogP contribution >= 0.6 is 15.9 Å². The van der Waals surface area contributed by atoms with E-state index >= 15 is 4.79 Å². The Kier molecular flexibility index (Phi) is 13.0. The number of halogens is 1. The summed E-state index contributed by atoms with van der Waals surface area (Å²) in [7, 11) is 0. The highest BCUT2D eigenvalue weighted by Crippen LogP contribution is 2.61. The number of esters is 1. The van der Waals surface area contributed by atoms with Gasteiger partial charge in [0.15, 0.2) is 0 Å². The van der Waals surface area contributed by atoms with Crippen molar-refractivity contribution in [2.24, 2.45) is 23.2 Å². The smallest absolute Gasteiger partial charge is 0.313 e. The molecular weight excluding hydrogens is 714 g/mol. The summed E-state index contributed by atoms with van der Waals surface area (Å²) in [4.78, 5) is 60.1. The van der Waals surface area contributed by atoms with Crippen molar-refractivity contribution < 1.29 is 33.8 Å². The molecule has 1 aromatic carbocycles. The van der Waals surface area contributed by atoms with Crippen molar-refractivity contribution in [2.75, 3.05) is 19.7 Å². The van der Waals surface area contributed by atoms with E-state index in [1.165, 1.54) is 0 Å². The molecule has 1 spiro atoms. The Hall–Kier alpha value is -3.02. The monoisotopic (exact) mass is 771 g/mol. The molecule has 0 aromatic heterocycles. The second kappa shape index (κ2) is 16.3. The molecular formula is C40H58BrN3O7. The summed E-state index contributed by atoms with van der Waals surface area (Å²) in [6, 6.07) is 7.39. The Balaban J connectivity index is 1.77. The number of fused-ring (bicyclic) bond motifs is 1. The quantitative estimate of drug-likeness (QED) is 0.118. The Morgan fingerprint density at radius 2 is 1.84 bits per heavy atom. The van der Waals surface area contributed by atoms with Crippen molar-refractivity contribution in [3.63, 3.8) is 0 Å². The number of aliphatic hydroxyl groups is 1. The zero-order valence-corrected chi connectivity index (χ0v) is 33.0. The summed E-state index contributed by atoms with van der Waals surface area (Å²) in [5.41, 5.74) is -1.39. The number of aliphatic hydroxyl groups excluding tert-OH is 1. The first kappa shape index (κ1) is 40.7. The van der Waals surface area contributed by atoms with E-state index in [0.717, 1.165) is 0 Å². The molecule has 51 heavy (non-hydrogen) atoms. The molecule has 0 aliphatic carbocycles. The zero-order chi connectivity index (χ0) is 37.9. The van der Waals surface area contributed by atoms with Gasteiger partial charge in [0.2, 0.25) is 17.7 Å². The molecule has 3 aliphatic heterocycles. The highest BCUT2D eigenvalue weighted by Gasteiger charge is 2.78. The summed E-state index contributed by atoms with van der Waals surface area (Å²) in [6.45, 7) is 21.9. The van der Waals surface area contributed by atoms with Gasteiger partial charge in [-0.05, 0) is 50.0 Å². The van der Waals surface area contributed by atoms with Gasteiger partial charge in [-0.2, -0.15) is 0 Å². The van der Waals surface area contributed by atoms with Crippen molar-refractivity contribution >= 4 is 39.6 Å². The molecule has 0 radical (unpaired) electrons. The van der Waals surface area contributed by atoms with Crippen LogP contribution in [0.5, 0.6) is 0 Å². The molecule has 4 rings (SSSR count). The predicted octanol–water partition coefficient (Wildman–Crippen LogP) is 5.74. The normalized spacial score (nSPS) is 27.4. The maximum absolute atomic E-state index is 15.2. The van der Waals surface area contributed by atoms with Crippen LogP contribution in [0.25, 0.3) is 0 Å². The molecule has 10 nitrogen and oxygen atoms in total. The Bertz CT molecular complexity index is 1440. The third kappa shape index (κ3) is 8.31. The van der Waals surface area contributed by atoms with Gasteiger partial charge in [-0.25, -0.2) is 0 Å². The number of rotatable bonds is 17. The van der Waals surface area contributed by atoms with E-state index in [4.69, 9.17) is 9.47 Å². The van der Waals surface area contributed by atoms with Gasteiger partial charge in [0.25, 0.3) is 0 Å². The van der Waals surface area contributed by atoms with Crippen LogP contribution in [-0.4, -0.2) is 92.4 Å². The summed E-state index contributed by atoms with van der Waals surface area (Å²) >= 11 is 3.76. The lowest BCUT2D eigenvalue weighted by molar-refractivity contribution is -0.162. The Morgan fingerprint density at radius 1 is 1.18 bits per heavy atom. The van der Waals surface area contributed by atoms with Crippen LogP contribution in [0.2, 0.25) is 0 Å². The number of likely N-dealkylation sites (tertiary alicyclic amines) is 1. The van der Waals surface area contributed by atoms with E-state index in [9.17, 15) is 19.5 Å². The maximum Gasteiger partial charge on any atom is 0.313 e. The molecule has 0 saturated carbocycles. The van der Waals surface area contributed by atoms with Crippen molar-refractivity contribution in [3.05, 3.63) is 61.2 Å². The average molecular weight is 773 g/mol. The summed E-state index contributed by atoms with van der Waals surface area (Å²) in [5.74, 6) is -3.69. The van der Waals surface area contributed by atoms with Crippen molar-refractivity contribution in [1.82, 2.24) is 15.1 Å². The standard InChI is InChI=1S/C40H58BrN3O7/c1-10-13-19-30(46)42-22-29(26-17-15-14-16-18-26)50-37(49)31-32-35(47)44(28(23-45)25(4)12-3)34(40(32)21-27(41)33(31)51-40)36(48)43(20-11-2)39(8,9)24-38(5,6)7/h10-11,14-18,25,27-29,31-34,45H,1-2,12-13,19-24H2,3-9H3,(H,42,46)/t25-,27?,28-,29-,31-,32+,33-,34-,40+/m0/s1. The summed E-state index contributed by atoms with van der Waals surface area (Å²) < 4.78 is 13.0. The van der Waals surface area contributed by atoms with Crippen LogP contribution < -0.4 is 5.32 Å². The number of nitrogens with one attached hydrogen (secondary N) is 1. The number of ether oxygens (including phenoxy) is 2. The fourth-order valence-corrected chi connectivity index (χ4v) is 9.68. The number of carbonyl (C=O) groups excluding carboxylic acids is 4. The van der Waals surface area contributed by atoms with Gasteiger partial charge in [-0.3, -0.25) is 19.2 Å². The van der Waals surface area contributed by atoms with Gasteiger partial charge in [-0.1, -0.05) is 99.5 Å². The first-order chi connectivity index (χ1) is 24.0. The highest BCUT2D eigenvalue weighted by molar-refractivity contribution is 9.09. The number of hydrogen-bond acceptors (Lipinski definition) is 7. The lowest BCUT2D eigenvalue weighted by Crippen LogP contribution is -2.63. The lowest BCUT2D eigenvalue weighted by Gasteiger charge is -2.47. The van der Waals surface area contributed by atoms with Crippen molar-refractivity contribution in [3.8, 4) is 0 Å². The molecule has 282 valence electrons. The number of nitrogens with zero attached hydrogens (tertiary/aromatic N) is 2. The van der Waals surface area contributed by atoms with Crippen molar-refractivity contribution in [2.45, 2.75) is 121 Å². The van der Waals surface area contributed by atoms with Gasteiger partial charge in [0.05, 0.1) is 37.1 Å². The minimum absolute atomic E-state index is 0.0404. The number of carbonyl (C=O) groups is 4. The molecule has 3 heterocycles. The highest BCUT2D eigenvalue weighted by atomic mass is 79.9. The molecule has 1 unspecified atom stereocenters. The van der Waals surface area contributed by atoms with E-state index in [0.29, 0.717) is 31.2 Å². The number of allylic oxidation sites excluding steroid dienone is 1. The Labute approximate surface area is 312 Å². The molecule has 2 N–H and O–H groups in total. The third-order valence-corrected chi connectivity index (χ3v) is 11.7. The first-order valence-electron chi connectivity index (χ1n) is 18.3. The van der Waals surface area contributed by atoms with Gasteiger partial charge < -0.3 is 29.7 Å². The first-order valence-corrected chi connectivity index (χ1v) is 19.2. The van der Waals surface area contributed by atoms with Crippen LogP contribution in [0, 0.1) is 23.2 Å². The largest absolute Gasteiger partial charge is 0.455 e. The lowest BCUT2D eigenvalue weighted by atomic mass is 9.70. The molecule has 3 saturated heterocycles. The van der Waals surface area contributed by atoms with Crippen LogP contribution in [-0.2, 0) is 28.7 Å². The Morgan fingerprint density at radius 3 is 2.41 bits per heavy atom. The van der Waals surface area contributed by atoms with Crippen LogP contribution in [0.3, 0.4) is 0 Å². The third-order valence-electron chi connectivity index (χ3n) is 10.8. The van der Waals surface area contributed by atoms with E-state index in [2.05, 4.69) is 55.2 Å². The van der Waals surface area contributed by atoms with Crippen LogP contribution in [0.15, 0.2) is 55.6 Å². The molecule has 3 aliphatic rings. The van der Waals surface area contributed by atoms with Gasteiger partial charge in [0.1, 0.15) is 17.7 Å². The molecule has 9 atom stereocenters. The molecule has 1 aromatic rings. The molecule has 11 heteroatoms. The predicted molar refractivity (Wildman–Crippen MR) is 201 cm³/mol. The average Bonchev–Trinajstić information content (AvgIpc) is 3.66. The van der Waals surface area contributed by atoms with Gasteiger partial charge in [-0.15, -0.1) is 13.2 Å².